The Bertz CT molecular complexity index is 1350. The monoisotopic (exact) mass is 576 g/mol. The minimum Gasteiger partial charge on any atom is -0.492 e. The maximum atomic E-state index is 12.9. The van der Waals surface area contributed by atoms with E-state index in [-0.39, 0.29) is 32.7 Å². The van der Waals surface area contributed by atoms with E-state index in [2.05, 4.69) is 31.1 Å². The Balaban J connectivity index is 1.82. The molecule has 0 saturated carbocycles. The number of hydrogen-bond donors (Lipinski definition) is 2. The molecular weight excluding hydrogens is 547 g/mol. The number of hydrogen-bond acceptors (Lipinski definition) is 6. The first-order chi connectivity index (χ1) is 17.8. The summed E-state index contributed by atoms with van der Waals surface area (Å²) in [7, 11) is 1.58. The van der Waals surface area contributed by atoms with Crippen molar-refractivity contribution >= 4 is 57.6 Å². The summed E-state index contributed by atoms with van der Waals surface area (Å²) in [5.41, 5.74) is 2.08. The lowest BCUT2D eigenvalue weighted by Gasteiger charge is -2.25. The highest BCUT2D eigenvalue weighted by Gasteiger charge is 2.21. The van der Waals surface area contributed by atoms with E-state index in [9.17, 15) is 9.59 Å². The minimum atomic E-state index is -1.09. The number of nitrogens with one attached hydrogen (secondary N) is 1. The van der Waals surface area contributed by atoms with Gasteiger partial charge in [-0.2, -0.15) is 0 Å². The van der Waals surface area contributed by atoms with Gasteiger partial charge in [-0.25, -0.2) is 9.78 Å². The number of anilines is 1. The van der Waals surface area contributed by atoms with Gasteiger partial charge in [0.2, 0.25) is 0 Å². The summed E-state index contributed by atoms with van der Waals surface area (Å²) in [6.07, 6.45) is 2.22. The lowest BCUT2D eigenvalue weighted by atomic mass is 9.90. The Hall–Kier alpha value is -3.07. The summed E-state index contributed by atoms with van der Waals surface area (Å²) >= 11 is 13.8. The van der Waals surface area contributed by atoms with Crippen LogP contribution in [0.2, 0.25) is 10.0 Å². The van der Waals surface area contributed by atoms with Gasteiger partial charge in [0.15, 0.2) is 16.6 Å². The molecule has 10 heteroatoms. The van der Waals surface area contributed by atoms with Crippen LogP contribution in [0.3, 0.4) is 0 Å². The summed E-state index contributed by atoms with van der Waals surface area (Å²) in [5.74, 6) is -0.362. The molecule has 0 aliphatic heterocycles. The summed E-state index contributed by atoms with van der Waals surface area (Å²) in [4.78, 5) is 28.6. The number of methoxy groups -OCH3 is 1. The number of amides is 1. The van der Waals surface area contributed by atoms with Crippen LogP contribution in [0, 0.1) is 5.41 Å². The van der Waals surface area contributed by atoms with Crippen molar-refractivity contribution in [2.45, 2.75) is 47.1 Å². The minimum absolute atomic E-state index is 0.0157. The third-order valence-corrected chi connectivity index (χ3v) is 6.83. The fourth-order valence-electron chi connectivity index (χ4n) is 3.90. The van der Waals surface area contributed by atoms with Gasteiger partial charge in [0, 0.05) is 27.6 Å². The first kappa shape index (κ1) is 29.5. The lowest BCUT2D eigenvalue weighted by Crippen LogP contribution is -2.20. The number of carboxylic acids is 1. The number of rotatable bonds is 9. The second kappa shape index (κ2) is 12.2. The van der Waals surface area contributed by atoms with Crippen LogP contribution in [0.4, 0.5) is 5.13 Å². The van der Waals surface area contributed by atoms with E-state index in [1.807, 2.05) is 30.5 Å². The molecule has 0 spiro atoms. The number of aromatic nitrogens is 1. The second-order valence-corrected chi connectivity index (χ2v) is 11.7. The summed E-state index contributed by atoms with van der Waals surface area (Å²) in [6, 6.07) is 8.48. The maximum Gasteiger partial charge on any atom is 0.331 e. The van der Waals surface area contributed by atoms with Crippen LogP contribution in [0.5, 0.6) is 11.5 Å². The van der Waals surface area contributed by atoms with E-state index < -0.39 is 11.9 Å². The molecule has 0 aliphatic rings. The topological polar surface area (TPSA) is 97.8 Å². The quantitative estimate of drug-likeness (QED) is 0.250. The number of ether oxygens (including phenoxy) is 2. The molecule has 0 saturated heterocycles. The summed E-state index contributed by atoms with van der Waals surface area (Å²) in [5, 5.41) is 14.4. The Kier molecular flexibility index (Phi) is 9.46. The number of thiazole rings is 1. The standard InChI is InChI=1S/C28H30Cl2N2O5S/c1-15(26(34)35)10-19-20(29)11-17(12-21(19)30)25(33)32-27-31-22(14-38-27)18-8-7-9-23(24(18)36-6)37-16(2)13-28(3,4)5/h7-12,14,16H,13H2,1-6H3,(H,34,35)(H,31,32,33). The van der Waals surface area contributed by atoms with E-state index in [4.69, 9.17) is 37.8 Å². The van der Waals surface area contributed by atoms with Crippen LogP contribution in [0.25, 0.3) is 17.3 Å². The molecule has 7 nitrogen and oxygen atoms in total. The van der Waals surface area contributed by atoms with Gasteiger partial charge in [0.1, 0.15) is 0 Å². The van der Waals surface area contributed by atoms with E-state index in [1.54, 1.807) is 7.11 Å². The number of nitrogens with zero attached hydrogens (tertiary/aromatic N) is 1. The molecular formula is C28H30Cl2N2O5S. The van der Waals surface area contributed by atoms with Crippen molar-refractivity contribution in [3.05, 3.63) is 62.5 Å². The zero-order valence-corrected chi connectivity index (χ0v) is 24.3. The van der Waals surface area contributed by atoms with Crippen molar-refractivity contribution in [3.63, 3.8) is 0 Å². The molecule has 202 valence electrons. The van der Waals surface area contributed by atoms with Gasteiger partial charge in [0.25, 0.3) is 5.91 Å². The van der Waals surface area contributed by atoms with E-state index >= 15 is 0 Å². The van der Waals surface area contributed by atoms with Crippen LogP contribution in [0.15, 0.2) is 41.3 Å². The van der Waals surface area contributed by atoms with Crippen molar-refractivity contribution in [2.24, 2.45) is 5.41 Å². The van der Waals surface area contributed by atoms with Gasteiger partial charge in [-0.3, -0.25) is 10.1 Å². The van der Waals surface area contributed by atoms with Crippen molar-refractivity contribution in [1.82, 2.24) is 4.98 Å². The smallest absolute Gasteiger partial charge is 0.331 e. The van der Waals surface area contributed by atoms with Crippen molar-refractivity contribution in [1.29, 1.82) is 0 Å². The Morgan fingerprint density at radius 1 is 1.21 bits per heavy atom. The Morgan fingerprint density at radius 3 is 2.45 bits per heavy atom. The van der Waals surface area contributed by atoms with Crippen LogP contribution < -0.4 is 14.8 Å². The van der Waals surface area contributed by atoms with Crippen molar-refractivity contribution in [2.75, 3.05) is 12.4 Å². The normalized spacial score (nSPS) is 12.7. The average molecular weight is 578 g/mol. The van der Waals surface area contributed by atoms with Gasteiger partial charge in [-0.05, 0) is 56.0 Å². The number of carbonyl (C=O) groups is 2. The number of halogens is 2. The fraction of sp³-hybridized carbons (Fsp3) is 0.321. The van der Waals surface area contributed by atoms with Gasteiger partial charge >= 0.3 is 5.97 Å². The van der Waals surface area contributed by atoms with Gasteiger partial charge in [-0.15, -0.1) is 11.3 Å². The predicted octanol–water partition coefficient (Wildman–Crippen LogP) is 8.07. The highest BCUT2D eigenvalue weighted by molar-refractivity contribution is 7.14. The van der Waals surface area contributed by atoms with E-state index in [0.29, 0.717) is 27.9 Å². The number of aliphatic carboxylic acids is 1. The molecule has 1 aromatic heterocycles. The van der Waals surface area contributed by atoms with Crippen LogP contribution in [-0.4, -0.2) is 35.2 Å². The van der Waals surface area contributed by atoms with Gasteiger partial charge < -0.3 is 14.6 Å². The average Bonchev–Trinajstić information content (AvgIpc) is 3.27. The van der Waals surface area contributed by atoms with E-state index in [1.165, 1.54) is 36.5 Å². The maximum absolute atomic E-state index is 12.9. The highest BCUT2D eigenvalue weighted by Crippen LogP contribution is 2.40. The number of para-hydroxylation sites is 1. The fourth-order valence-corrected chi connectivity index (χ4v) is 5.20. The molecule has 38 heavy (non-hydrogen) atoms. The van der Waals surface area contributed by atoms with Crippen molar-refractivity contribution in [3.8, 4) is 22.8 Å². The SMILES string of the molecule is COc1c(OC(C)CC(C)(C)C)cccc1-c1csc(NC(=O)c2cc(Cl)c(C=C(C)C(=O)O)c(Cl)c2)n1. The van der Waals surface area contributed by atoms with Crippen LogP contribution in [-0.2, 0) is 4.79 Å². The molecule has 1 atom stereocenters. The molecule has 0 bridgehead atoms. The molecule has 0 fully saturated rings. The summed E-state index contributed by atoms with van der Waals surface area (Å²) in [6.45, 7) is 9.96. The molecule has 3 aromatic rings. The van der Waals surface area contributed by atoms with Crippen molar-refractivity contribution < 1.29 is 24.2 Å². The predicted molar refractivity (Wildman–Crippen MR) is 154 cm³/mol. The molecule has 1 amide bonds. The first-order valence-corrected chi connectivity index (χ1v) is 13.4. The lowest BCUT2D eigenvalue weighted by molar-refractivity contribution is -0.132. The Labute approximate surface area is 236 Å². The van der Waals surface area contributed by atoms with Crippen LogP contribution >= 0.6 is 34.5 Å². The van der Waals surface area contributed by atoms with Crippen LogP contribution in [0.1, 0.15) is 57.0 Å². The molecule has 1 unspecified atom stereocenters. The molecule has 0 radical (unpaired) electrons. The van der Waals surface area contributed by atoms with Gasteiger partial charge in [0.05, 0.1) is 29.0 Å². The van der Waals surface area contributed by atoms with Gasteiger partial charge in [-0.1, -0.05) is 50.0 Å². The number of carboxylic acid groups (broad SMARTS) is 1. The molecule has 2 aromatic carbocycles. The molecule has 0 aliphatic carbocycles. The zero-order chi connectivity index (χ0) is 28.2. The molecule has 2 N–H and O–H groups in total. The molecule has 1 heterocycles. The largest absolute Gasteiger partial charge is 0.492 e. The zero-order valence-electron chi connectivity index (χ0n) is 22.0. The van der Waals surface area contributed by atoms with E-state index in [0.717, 1.165) is 12.0 Å². The first-order valence-electron chi connectivity index (χ1n) is 11.8. The second-order valence-electron chi connectivity index (χ2n) is 10.0. The third kappa shape index (κ3) is 7.49. The molecule has 3 rings (SSSR count). The number of benzene rings is 2. The third-order valence-electron chi connectivity index (χ3n) is 5.45. The highest BCUT2D eigenvalue weighted by atomic mass is 35.5. The Morgan fingerprint density at radius 2 is 1.87 bits per heavy atom. The summed E-state index contributed by atoms with van der Waals surface area (Å²) < 4.78 is 11.9. The number of carbonyl (C=O) groups excluding carboxylic acids is 1.